The lowest BCUT2D eigenvalue weighted by atomic mass is 10.0. The standard InChI is InChI=1S/C20H20N2O4/c1-2-26-17(23)14-8-10-16(11-9-14)22-19(25)20(12-13-20)18(24)21-15-6-4-3-5-7-15/h3-11H,2,12-13H2,1H3,(H,21,24)(H,22,25). The number of ether oxygens (including phenoxy) is 1. The minimum absolute atomic E-state index is 0.302. The second kappa shape index (κ2) is 7.39. The van der Waals surface area contributed by atoms with Crippen LogP contribution in [0.2, 0.25) is 0 Å². The Morgan fingerprint density at radius 3 is 1.92 bits per heavy atom. The molecule has 134 valence electrons. The molecule has 0 saturated heterocycles. The molecule has 0 aromatic heterocycles. The van der Waals surface area contributed by atoms with Crippen LogP contribution in [0.3, 0.4) is 0 Å². The van der Waals surface area contributed by atoms with Crippen LogP contribution >= 0.6 is 0 Å². The Kier molecular flexibility index (Phi) is 5.02. The average molecular weight is 352 g/mol. The number of anilines is 2. The summed E-state index contributed by atoms with van der Waals surface area (Å²) in [6.07, 6.45) is 1.02. The van der Waals surface area contributed by atoms with Crippen LogP contribution in [-0.2, 0) is 14.3 Å². The van der Waals surface area contributed by atoms with E-state index in [0.29, 0.717) is 36.4 Å². The molecule has 1 fully saturated rings. The van der Waals surface area contributed by atoms with E-state index in [1.807, 2.05) is 18.2 Å². The fraction of sp³-hybridized carbons (Fsp3) is 0.250. The van der Waals surface area contributed by atoms with Crippen molar-refractivity contribution in [2.75, 3.05) is 17.2 Å². The lowest BCUT2D eigenvalue weighted by Gasteiger charge is -2.15. The molecule has 0 heterocycles. The van der Waals surface area contributed by atoms with E-state index in [2.05, 4.69) is 10.6 Å². The zero-order valence-corrected chi connectivity index (χ0v) is 14.5. The molecule has 6 heteroatoms. The van der Waals surface area contributed by atoms with E-state index in [4.69, 9.17) is 4.74 Å². The van der Waals surface area contributed by atoms with Crippen molar-refractivity contribution in [1.82, 2.24) is 0 Å². The molecule has 6 nitrogen and oxygen atoms in total. The first-order chi connectivity index (χ1) is 12.5. The van der Waals surface area contributed by atoms with Crippen molar-refractivity contribution < 1.29 is 19.1 Å². The first-order valence-corrected chi connectivity index (χ1v) is 8.50. The van der Waals surface area contributed by atoms with E-state index in [-0.39, 0.29) is 11.8 Å². The van der Waals surface area contributed by atoms with E-state index in [1.54, 1.807) is 43.3 Å². The first-order valence-electron chi connectivity index (χ1n) is 8.50. The number of nitrogens with one attached hydrogen (secondary N) is 2. The smallest absolute Gasteiger partial charge is 0.338 e. The number of rotatable bonds is 6. The van der Waals surface area contributed by atoms with Gasteiger partial charge in [0.05, 0.1) is 12.2 Å². The van der Waals surface area contributed by atoms with Crippen LogP contribution in [0.25, 0.3) is 0 Å². The maximum Gasteiger partial charge on any atom is 0.338 e. The van der Waals surface area contributed by atoms with Gasteiger partial charge in [0, 0.05) is 11.4 Å². The van der Waals surface area contributed by atoms with Crippen molar-refractivity contribution in [1.29, 1.82) is 0 Å². The molecular formula is C20H20N2O4. The Bertz CT molecular complexity index is 811. The molecule has 1 aliphatic rings. The molecule has 0 spiro atoms. The van der Waals surface area contributed by atoms with E-state index in [9.17, 15) is 14.4 Å². The third kappa shape index (κ3) is 3.74. The molecule has 2 aromatic rings. The van der Waals surface area contributed by atoms with Crippen molar-refractivity contribution in [3.63, 3.8) is 0 Å². The van der Waals surface area contributed by atoms with Crippen LogP contribution in [0.15, 0.2) is 54.6 Å². The summed E-state index contributed by atoms with van der Waals surface area (Å²) in [6.45, 7) is 2.04. The van der Waals surface area contributed by atoms with Gasteiger partial charge in [0.15, 0.2) is 0 Å². The Hall–Kier alpha value is -3.15. The van der Waals surface area contributed by atoms with Crippen LogP contribution in [0, 0.1) is 5.41 Å². The second-order valence-electron chi connectivity index (χ2n) is 6.15. The molecule has 2 amide bonds. The van der Waals surface area contributed by atoms with Crippen molar-refractivity contribution in [3.8, 4) is 0 Å². The van der Waals surface area contributed by atoms with Crippen molar-refractivity contribution in [2.45, 2.75) is 19.8 Å². The van der Waals surface area contributed by atoms with Gasteiger partial charge in [-0.05, 0) is 56.2 Å². The fourth-order valence-corrected chi connectivity index (χ4v) is 2.61. The van der Waals surface area contributed by atoms with Gasteiger partial charge in [-0.25, -0.2) is 4.79 Å². The Morgan fingerprint density at radius 1 is 0.885 bits per heavy atom. The second-order valence-corrected chi connectivity index (χ2v) is 6.15. The number of para-hydroxylation sites is 1. The Balaban J connectivity index is 1.64. The van der Waals surface area contributed by atoms with Crippen LogP contribution in [0.4, 0.5) is 11.4 Å². The normalized spacial score (nSPS) is 14.2. The van der Waals surface area contributed by atoms with Crippen molar-refractivity contribution in [3.05, 3.63) is 60.2 Å². The van der Waals surface area contributed by atoms with E-state index < -0.39 is 11.4 Å². The number of carbonyl (C=O) groups excluding carboxylic acids is 3. The molecule has 0 aliphatic heterocycles. The monoisotopic (exact) mass is 352 g/mol. The predicted molar refractivity (Wildman–Crippen MR) is 97.8 cm³/mol. The van der Waals surface area contributed by atoms with Crippen molar-refractivity contribution >= 4 is 29.2 Å². The zero-order valence-electron chi connectivity index (χ0n) is 14.5. The highest BCUT2D eigenvalue weighted by atomic mass is 16.5. The number of amides is 2. The minimum Gasteiger partial charge on any atom is -0.462 e. The zero-order chi connectivity index (χ0) is 18.6. The van der Waals surface area contributed by atoms with Crippen molar-refractivity contribution in [2.24, 2.45) is 5.41 Å². The lowest BCUT2D eigenvalue weighted by Crippen LogP contribution is -2.35. The summed E-state index contributed by atoms with van der Waals surface area (Å²) >= 11 is 0. The number of benzene rings is 2. The average Bonchev–Trinajstić information content (AvgIpc) is 3.45. The summed E-state index contributed by atoms with van der Waals surface area (Å²) in [6, 6.07) is 15.5. The highest BCUT2D eigenvalue weighted by Gasteiger charge is 2.56. The number of esters is 1. The highest BCUT2D eigenvalue weighted by Crippen LogP contribution is 2.47. The molecule has 0 radical (unpaired) electrons. The molecule has 2 aromatic carbocycles. The number of hydrogen-bond acceptors (Lipinski definition) is 4. The van der Waals surface area contributed by atoms with Gasteiger partial charge in [-0.1, -0.05) is 18.2 Å². The topological polar surface area (TPSA) is 84.5 Å². The molecule has 26 heavy (non-hydrogen) atoms. The molecule has 3 rings (SSSR count). The van der Waals surface area contributed by atoms with Crippen LogP contribution in [-0.4, -0.2) is 24.4 Å². The molecule has 1 saturated carbocycles. The molecule has 1 aliphatic carbocycles. The van der Waals surface area contributed by atoms with E-state index in [1.165, 1.54) is 0 Å². The van der Waals surface area contributed by atoms with Gasteiger partial charge in [-0.15, -0.1) is 0 Å². The maximum atomic E-state index is 12.6. The van der Waals surface area contributed by atoms with Gasteiger partial charge in [0.25, 0.3) is 0 Å². The van der Waals surface area contributed by atoms with Crippen LogP contribution in [0.1, 0.15) is 30.1 Å². The summed E-state index contributed by atoms with van der Waals surface area (Å²) in [5.74, 6) is -1.05. The molecule has 0 atom stereocenters. The van der Waals surface area contributed by atoms with Gasteiger partial charge < -0.3 is 15.4 Å². The number of hydrogen-bond donors (Lipinski definition) is 2. The third-order valence-electron chi connectivity index (χ3n) is 4.30. The Morgan fingerprint density at radius 2 is 1.42 bits per heavy atom. The molecule has 2 N–H and O–H groups in total. The molecule has 0 unspecified atom stereocenters. The summed E-state index contributed by atoms with van der Waals surface area (Å²) in [5, 5.41) is 5.55. The van der Waals surface area contributed by atoms with Gasteiger partial charge in [0.1, 0.15) is 5.41 Å². The van der Waals surface area contributed by atoms with Gasteiger partial charge in [0.2, 0.25) is 11.8 Å². The number of carbonyl (C=O) groups is 3. The largest absolute Gasteiger partial charge is 0.462 e. The first kappa shape index (κ1) is 17.7. The van der Waals surface area contributed by atoms with Crippen LogP contribution in [0.5, 0.6) is 0 Å². The summed E-state index contributed by atoms with van der Waals surface area (Å²) in [7, 11) is 0. The predicted octanol–water partition coefficient (Wildman–Crippen LogP) is 3.22. The lowest BCUT2D eigenvalue weighted by molar-refractivity contribution is -0.131. The maximum absolute atomic E-state index is 12.6. The fourth-order valence-electron chi connectivity index (χ4n) is 2.61. The highest BCUT2D eigenvalue weighted by molar-refractivity contribution is 6.16. The van der Waals surface area contributed by atoms with E-state index >= 15 is 0 Å². The SMILES string of the molecule is CCOC(=O)c1ccc(NC(=O)C2(C(=O)Nc3ccccc3)CC2)cc1. The third-order valence-corrected chi connectivity index (χ3v) is 4.30. The van der Waals surface area contributed by atoms with Gasteiger partial charge in [-0.3, -0.25) is 9.59 Å². The Labute approximate surface area is 151 Å². The summed E-state index contributed by atoms with van der Waals surface area (Å²) < 4.78 is 4.92. The summed E-state index contributed by atoms with van der Waals surface area (Å²) in [5.41, 5.74) is 0.570. The quantitative estimate of drug-likeness (QED) is 0.617. The molecular weight excluding hydrogens is 332 g/mol. The minimum atomic E-state index is -1.03. The van der Waals surface area contributed by atoms with Gasteiger partial charge in [-0.2, -0.15) is 0 Å². The molecule has 0 bridgehead atoms. The van der Waals surface area contributed by atoms with Crippen LogP contribution < -0.4 is 10.6 Å². The summed E-state index contributed by atoms with van der Waals surface area (Å²) in [4.78, 5) is 36.7. The van der Waals surface area contributed by atoms with E-state index in [0.717, 1.165) is 0 Å². The van der Waals surface area contributed by atoms with Gasteiger partial charge >= 0.3 is 5.97 Å².